The van der Waals surface area contributed by atoms with Crippen LogP contribution in [0.15, 0.2) is 27.0 Å². The van der Waals surface area contributed by atoms with Crippen molar-refractivity contribution in [1.82, 2.24) is 9.55 Å². The lowest BCUT2D eigenvalue weighted by atomic mass is 9.99. The van der Waals surface area contributed by atoms with Gasteiger partial charge in [-0.3, -0.25) is 23.4 Å². The summed E-state index contributed by atoms with van der Waals surface area (Å²) in [5.74, 6) is 0. The quantitative estimate of drug-likeness (QED) is 0.0567. The zero-order valence-electron chi connectivity index (χ0n) is 18.8. The molecule has 5 unspecified atom stereocenters. The molecule has 0 radical (unpaired) electrons. The number of aromatic amines is 1. The van der Waals surface area contributed by atoms with E-state index in [-0.39, 0.29) is 0 Å². The minimum atomic E-state index is -5.63. The summed E-state index contributed by atoms with van der Waals surface area (Å²) in [7, 11) is -11.1. The molecule has 21 nitrogen and oxygen atoms in total. The molecule has 2 aliphatic rings. The molecule has 38 heavy (non-hydrogen) atoms. The van der Waals surface area contributed by atoms with E-state index in [1.807, 2.05) is 4.98 Å². The van der Waals surface area contributed by atoms with Crippen LogP contribution in [0, 0.1) is 0 Å². The third-order valence-electron chi connectivity index (χ3n) is 5.30. The molecule has 214 valence electrons. The predicted molar refractivity (Wildman–Crippen MR) is 116 cm³/mol. The van der Waals surface area contributed by atoms with Gasteiger partial charge in [0.15, 0.2) is 12.5 Å². The first-order chi connectivity index (χ1) is 17.7. The maximum absolute atomic E-state index is 12.3. The Hall–Kier alpha value is -2.03. The lowest BCUT2D eigenvalue weighted by Gasteiger charge is -2.39. The van der Waals surface area contributed by atoms with Gasteiger partial charge in [0.05, 0.1) is 19.3 Å². The monoisotopic (exact) mass is 591 g/mol. The van der Waals surface area contributed by atoms with Gasteiger partial charge in [-0.15, -0.1) is 0 Å². The molecule has 0 saturated carbocycles. The second-order valence-electron chi connectivity index (χ2n) is 7.91. The molecule has 0 aromatic carbocycles. The number of phosphoric ester groups is 2. The second-order valence-corrected chi connectivity index (χ2v) is 10.9. The first-order valence-electron chi connectivity index (χ1n) is 10.4. The number of nitrogens with one attached hydrogen (secondary N) is 1. The van der Waals surface area contributed by atoms with Gasteiger partial charge in [-0.05, 0) is 5.53 Å². The van der Waals surface area contributed by atoms with Gasteiger partial charge in [0.25, 0.3) is 5.56 Å². The van der Waals surface area contributed by atoms with E-state index in [1.54, 1.807) is 0 Å². The predicted octanol–water partition coefficient (Wildman–Crippen LogP) is -3.48. The lowest BCUT2D eigenvalue weighted by molar-refractivity contribution is -0.272. The SMILES string of the molecule is [N-]=[N+]=NCC1O[C@H](OP(=O)(O)OP(=O)(O)OC[C@H]2O[C@@H](n3ccc(=O)[nH]c3=O)[C@@H](O)C2O)C(O)[C@@H](O)[C@@H]1O. The van der Waals surface area contributed by atoms with Crippen LogP contribution in [0.1, 0.15) is 6.23 Å². The van der Waals surface area contributed by atoms with Gasteiger partial charge in [-0.25, -0.2) is 13.9 Å². The maximum atomic E-state index is 12.3. The number of aliphatic hydroxyl groups is 5. The Balaban J connectivity index is 1.62. The number of azide groups is 1. The number of ether oxygens (including phenoxy) is 2. The minimum Gasteiger partial charge on any atom is -0.388 e. The van der Waals surface area contributed by atoms with Crippen LogP contribution in [0.3, 0.4) is 0 Å². The first-order valence-corrected chi connectivity index (χ1v) is 13.4. The van der Waals surface area contributed by atoms with Crippen molar-refractivity contribution in [3.63, 3.8) is 0 Å². The molecule has 2 fully saturated rings. The zero-order chi connectivity index (χ0) is 28.4. The van der Waals surface area contributed by atoms with Crippen molar-refractivity contribution in [2.24, 2.45) is 5.11 Å². The Morgan fingerprint density at radius 1 is 1.00 bits per heavy atom. The van der Waals surface area contributed by atoms with Crippen LogP contribution < -0.4 is 11.2 Å². The molecule has 0 aliphatic carbocycles. The summed E-state index contributed by atoms with van der Waals surface area (Å²) in [5.41, 5.74) is 6.61. The molecule has 3 heterocycles. The molecular weight excluding hydrogens is 568 g/mol. The van der Waals surface area contributed by atoms with Crippen molar-refractivity contribution in [3.8, 4) is 0 Å². The molecule has 3 rings (SSSR count). The molecule has 2 saturated heterocycles. The average molecular weight is 591 g/mol. The fourth-order valence-corrected chi connectivity index (χ4v) is 5.63. The number of rotatable bonds is 10. The standard InChI is InChI=1S/C15H23N5O16P2/c16-19-17-3-5-8(22)10(24)12(26)14(34-5)35-38(30,31)36-37(28,29)32-4-6-9(23)11(25)13(33-6)20-2-1-7(21)18-15(20)27/h1-2,5-6,8-14,22-26H,3-4H2,(H,28,29)(H,30,31)(H,18,21,27)/t5?,6-,8-,9?,10+,11+,12?,13-,14-/m1/s1. The largest absolute Gasteiger partial charge is 0.483 e. The Bertz CT molecular complexity index is 1250. The summed E-state index contributed by atoms with van der Waals surface area (Å²) < 4.78 is 48.5. The van der Waals surface area contributed by atoms with Crippen molar-refractivity contribution in [1.29, 1.82) is 0 Å². The van der Waals surface area contributed by atoms with Crippen LogP contribution in [0.25, 0.3) is 10.4 Å². The van der Waals surface area contributed by atoms with Crippen LogP contribution in [-0.4, -0.2) is 107 Å². The summed E-state index contributed by atoms with van der Waals surface area (Å²) >= 11 is 0. The number of H-pyrrole nitrogens is 1. The van der Waals surface area contributed by atoms with Gasteiger partial charge >= 0.3 is 21.3 Å². The summed E-state index contributed by atoms with van der Waals surface area (Å²) in [5, 5.41) is 53.1. The highest BCUT2D eigenvalue weighted by molar-refractivity contribution is 7.61. The molecule has 0 amide bonds. The molecule has 8 N–H and O–H groups in total. The number of hydrogen-bond acceptors (Lipinski definition) is 15. The van der Waals surface area contributed by atoms with E-state index in [0.717, 1.165) is 16.8 Å². The maximum Gasteiger partial charge on any atom is 0.483 e. The number of nitrogens with zero attached hydrogens (tertiary/aromatic N) is 4. The minimum absolute atomic E-state index is 0.596. The van der Waals surface area contributed by atoms with Gasteiger partial charge in [-0.1, -0.05) is 5.11 Å². The third-order valence-corrected chi connectivity index (χ3v) is 7.90. The van der Waals surface area contributed by atoms with Gasteiger partial charge in [0, 0.05) is 17.2 Å². The van der Waals surface area contributed by atoms with E-state index in [2.05, 4.69) is 23.4 Å². The van der Waals surface area contributed by atoms with E-state index in [4.69, 9.17) is 15.0 Å². The van der Waals surface area contributed by atoms with Crippen molar-refractivity contribution >= 4 is 15.6 Å². The van der Waals surface area contributed by atoms with E-state index in [9.17, 15) is 54.0 Å². The lowest BCUT2D eigenvalue weighted by Crippen LogP contribution is -2.58. The van der Waals surface area contributed by atoms with Gasteiger partial charge in [0.2, 0.25) is 0 Å². The molecule has 0 bridgehead atoms. The summed E-state index contributed by atoms with van der Waals surface area (Å²) in [4.78, 5) is 47.1. The first kappa shape index (κ1) is 30.5. The van der Waals surface area contributed by atoms with Crippen molar-refractivity contribution in [2.45, 2.75) is 55.2 Å². The molecule has 11 atom stereocenters. The Kier molecular flexibility index (Phi) is 9.64. The van der Waals surface area contributed by atoms with Gasteiger partial charge < -0.3 is 44.8 Å². The fourth-order valence-electron chi connectivity index (χ4n) is 3.47. The summed E-state index contributed by atoms with van der Waals surface area (Å²) in [6, 6.07) is 0.924. The van der Waals surface area contributed by atoms with Crippen LogP contribution in [0.5, 0.6) is 0 Å². The van der Waals surface area contributed by atoms with Gasteiger partial charge in [-0.2, -0.15) is 4.31 Å². The van der Waals surface area contributed by atoms with Crippen molar-refractivity contribution in [2.75, 3.05) is 13.2 Å². The van der Waals surface area contributed by atoms with Crippen LogP contribution in [0.4, 0.5) is 0 Å². The topological polar surface area (TPSA) is 326 Å². The number of hydrogen-bond donors (Lipinski definition) is 8. The van der Waals surface area contributed by atoms with Crippen molar-refractivity contribution in [3.05, 3.63) is 43.5 Å². The molecule has 1 aromatic heterocycles. The summed E-state index contributed by atoms with van der Waals surface area (Å²) in [6.45, 7) is -1.64. The zero-order valence-corrected chi connectivity index (χ0v) is 20.5. The Morgan fingerprint density at radius 3 is 2.29 bits per heavy atom. The van der Waals surface area contributed by atoms with Gasteiger partial charge in [0.1, 0.15) is 36.6 Å². The molecular formula is C15H23N5O16P2. The average Bonchev–Trinajstić information content (AvgIpc) is 3.10. The van der Waals surface area contributed by atoms with Crippen LogP contribution in [0.2, 0.25) is 0 Å². The van der Waals surface area contributed by atoms with E-state index in [1.165, 1.54) is 0 Å². The third kappa shape index (κ3) is 7.13. The van der Waals surface area contributed by atoms with E-state index < -0.39 is 95.3 Å². The molecule has 2 aliphatic heterocycles. The highest BCUT2D eigenvalue weighted by Gasteiger charge is 2.49. The number of aliphatic hydroxyl groups excluding tert-OH is 5. The molecule has 1 aromatic rings. The second kappa shape index (κ2) is 12.0. The van der Waals surface area contributed by atoms with E-state index >= 15 is 0 Å². The fraction of sp³-hybridized carbons (Fsp3) is 0.733. The highest BCUT2D eigenvalue weighted by Crippen LogP contribution is 2.61. The Labute approximate surface area is 210 Å². The smallest absolute Gasteiger partial charge is 0.388 e. The highest BCUT2D eigenvalue weighted by atomic mass is 31.3. The van der Waals surface area contributed by atoms with Crippen LogP contribution >= 0.6 is 15.6 Å². The Morgan fingerprint density at radius 2 is 1.66 bits per heavy atom. The number of aromatic nitrogens is 2. The molecule has 23 heteroatoms. The molecule has 0 spiro atoms. The van der Waals surface area contributed by atoms with Crippen LogP contribution in [-0.2, 0) is 32.0 Å². The van der Waals surface area contributed by atoms with E-state index in [0.29, 0.717) is 0 Å². The van der Waals surface area contributed by atoms with Crippen molar-refractivity contribution < 1.29 is 67.3 Å². The summed E-state index contributed by atoms with van der Waals surface area (Å²) in [6.07, 6.45) is -15.5. The number of phosphoric acid groups is 2. The normalized spacial score (nSPS) is 36.7.